The predicted molar refractivity (Wildman–Crippen MR) is 112 cm³/mol. The normalized spacial score (nSPS) is 11.9. The number of thiophene rings is 4. The summed E-state index contributed by atoms with van der Waals surface area (Å²) < 4.78 is 3.14. The van der Waals surface area contributed by atoms with Crippen molar-refractivity contribution in [2.75, 3.05) is 0 Å². The van der Waals surface area contributed by atoms with E-state index in [1.165, 1.54) is 19.5 Å². The maximum absolute atomic E-state index is 2.47. The molecule has 0 fully saturated rings. The lowest BCUT2D eigenvalue weighted by Gasteiger charge is -2.18. The topological polar surface area (TPSA) is 0 Å². The van der Waals surface area contributed by atoms with Gasteiger partial charge in [-0.05, 0) is 44.0 Å². The van der Waals surface area contributed by atoms with E-state index in [0.717, 1.165) is 0 Å². The molecule has 4 aromatic rings. The predicted octanol–water partition coefficient (Wildman–Crippen LogP) is 6.09. The van der Waals surface area contributed by atoms with Crippen LogP contribution < -0.4 is 9.00 Å². The summed E-state index contributed by atoms with van der Waals surface area (Å²) in [5.74, 6) is 0. The van der Waals surface area contributed by atoms with Crippen LogP contribution >= 0.6 is 45.3 Å². The third kappa shape index (κ3) is 2.92. The van der Waals surface area contributed by atoms with E-state index in [0.29, 0.717) is 0 Å². The minimum Gasteiger partial charge on any atom is -0.144 e. The lowest BCUT2D eigenvalue weighted by molar-refractivity contribution is 1.86. The molecule has 4 heterocycles. The molecule has 5 heteroatoms. The Morgan fingerprint density at radius 1 is 0.609 bits per heavy atom. The van der Waals surface area contributed by atoms with Crippen LogP contribution in [0, 0.1) is 0 Å². The highest BCUT2D eigenvalue weighted by atomic mass is 32.1. The van der Waals surface area contributed by atoms with Gasteiger partial charge in [0.05, 0.1) is 0 Å². The van der Waals surface area contributed by atoms with E-state index in [9.17, 15) is 0 Å². The Hall–Kier alpha value is -0.983. The Morgan fingerprint density at radius 3 is 1.48 bits per heavy atom. The lowest BCUT2D eigenvalue weighted by atomic mass is 10.4. The Labute approximate surface area is 153 Å². The highest BCUT2D eigenvalue weighted by Gasteiger charge is 2.30. The first-order valence-corrected chi connectivity index (χ1v) is 13.8. The van der Waals surface area contributed by atoms with Crippen molar-refractivity contribution in [1.82, 2.24) is 0 Å². The molecule has 0 saturated carbocycles. The van der Waals surface area contributed by atoms with Gasteiger partial charge in [-0.25, -0.2) is 0 Å². The zero-order valence-corrected chi connectivity index (χ0v) is 17.2. The van der Waals surface area contributed by atoms with E-state index in [4.69, 9.17) is 0 Å². The molecular weight excluding hydrogens is 373 g/mol. The van der Waals surface area contributed by atoms with Crippen LogP contribution in [0.5, 0.6) is 0 Å². The van der Waals surface area contributed by atoms with Crippen LogP contribution in [0.15, 0.2) is 59.3 Å². The molecule has 0 atom stereocenters. The molecule has 0 aliphatic heterocycles. The fourth-order valence-electron chi connectivity index (χ4n) is 2.57. The van der Waals surface area contributed by atoms with Crippen LogP contribution in [0.4, 0.5) is 0 Å². The van der Waals surface area contributed by atoms with Gasteiger partial charge in [-0.3, -0.25) is 0 Å². The van der Waals surface area contributed by atoms with E-state index in [1.807, 2.05) is 45.3 Å². The van der Waals surface area contributed by atoms with Crippen LogP contribution in [0.25, 0.3) is 19.5 Å². The second kappa shape index (κ2) is 6.15. The fraction of sp³-hybridized carbons (Fsp3) is 0.111. The number of rotatable bonds is 4. The highest BCUT2D eigenvalue weighted by Crippen LogP contribution is 2.31. The summed E-state index contributed by atoms with van der Waals surface area (Å²) in [6, 6.07) is 18.0. The van der Waals surface area contributed by atoms with Crippen molar-refractivity contribution in [1.29, 1.82) is 0 Å². The molecule has 0 unspecified atom stereocenters. The Bertz CT molecular complexity index is 820. The minimum atomic E-state index is -1.59. The third-order valence-corrected chi connectivity index (χ3v) is 14.4. The molecule has 4 aromatic heterocycles. The first kappa shape index (κ1) is 15.5. The SMILES string of the molecule is C[Si](C)(c1ccc(-c2cccs2)s1)c1ccc(-c2cccs2)s1. The van der Waals surface area contributed by atoms with Crippen molar-refractivity contribution in [3.63, 3.8) is 0 Å². The van der Waals surface area contributed by atoms with Gasteiger partial charge in [-0.15, -0.1) is 45.3 Å². The zero-order valence-electron chi connectivity index (χ0n) is 12.9. The van der Waals surface area contributed by atoms with Crippen molar-refractivity contribution >= 4 is 62.4 Å². The number of hydrogen-bond acceptors (Lipinski definition) is 4. The average Bonchev–Trinajstić information content (AvgIpc) is 3.36. The summed E-state index contributed by atoms with van der Waals surface area (Å²) in [6.07, 6.45) is 0. The monoisotopic (exact) mass is 388 g/mol. The van der Waals surface area contributed by atoms with Gasteiger partial charge >= 0.3 is 0 Å². The summed E-state index contributed by atoms with van der Waals surface area (Å²) in [7, 11) is -1.59. The summed E-state index contributed by atoms with van der Waals surface area (Å²) in [5.41, 5.74) is 0. The summed E-state index contributed by atoms with van der Waals surface area (Å²) in [6.45, 7) is 4.95. The van der Waals surface area contributed by atoms with Crippen molar-refractivity contribution in [2.24, 2.45) is 0 Å². The molecule has 0 amide bonds. The average molecular weight is 389 g/mol. The molecule has 116 valence electrons. The molecule has 0 bridgehead atoms. The van der Waals surface area contributed by atoms with E-state index in [2.05, 4.69) is 72.4 Å². The van der Waals surface area contributed by atoms with Gasteiger partial charge < -0.3 is 0 Å². The van der Waals surface area contributed by atoms with Crippen LogP contribution in [0.1, 0.15) is 0 Å². The van der Waals surface area contributed by atoms with E-state index >= 15 is 0 Å². The van der Waals surface area contributed by atoms with Crippen LogP contribution in [0.3, 0.4) is 0 Å². The van der Waals surface area contributed by atoms with Gasteiger partial charge in [-0.1, -0.05) is 37.4 Å². The fourth-order valence-corrected chi connectivity index (χ4v) is 10.6. The molecule has 0 spiro atoms. The maximum Gasteiger partial charge on any atom is 0.137 e. The summed E-state index contributed by atoms with van der Waals surface area (Å²) in [5, 5.41) is 4.31. The van der Waals surface area contributed by atoms with Crippen molar-refractivity contribution in [3.05, 3.63) is 59.3 Å². The number of hydrogen-bond donors (Lipinski definition) is 0. The molecule has 0 aliphatic rings. The van der Waals surface area contributed by atoms with Gasteiger partial charge in [0, 0.05) is 19.5 Å². The summed E-state index contributed by atoms with van der Waals surface area (Å²) >= 11 is 7.62. The van der Waals surface area contributed by atoms with Crippen LogP contribution in [-0.4, -0.2) is 8.07 Å². The minimum absolute atomic E-state index is 1.39. The summed E-state index contributed by atoms with van der Waals surface area (Å²) in [4.78, 5) is 5.59. The molecule has 0 N–H and O–H groups in total. The molecular formula is C18H16S4Si. The molecule has 0 nitrogen and oxygen atoms in total. The van der Waals surface area contributed by atoms with Crippen molar-refractivity contribution < 1.29 is 0 Å². The van der Waals surface area contributed by atoms with E-state index in [1.54, 1.807) is 9.00 Å². The molecule has 23 heavy (non-hydrogen) atoms. The Balaban J connectivity index is 1.68. The van der Waals surface area contributed by atoms with Gasteiger partial charge in [0.15, 0.2) is 0 Å². The van der Waals surface area contributed by atoms with Gasteiger partial charge in [0.1, 0.15) is 8.07 Å². The molecule has 4 rings (SSSR count). The first-order valence-electron chi connectivity index (χ1n) is 7.43. The largest absolute Gasteiger partial charge is 0.144 e. The molecule has 0 saturated heterocycles. The smallest absolute Gasteiger partial charge is 0.137 e. The van der Waals surface area contributed by atoms with Crippen molar-refractivity contribution in [2.45, 2.75) is 13.1 Å². The standard InChI is InChI=1S/C18H16S4Si/c1-23(2,17-9-7-15(21-17)13-5-3-11-19-13)18-10-8-16(22-18)14-6-4-12-20-14/h3-12H,1-2H3. The van der Waals surface area contributed by atoms with Gasteiger partial charge in [0.25, 0.3) is 0 Å². The molecule has 0 aromatic carbocycles. The Morgan fingerprint density at radius 2 is 1.09 bits per heavy atom. The highest BCUT2D eigenvalue weighted by molar-refractivity contribution is 7.39. The lowest BCUT2D eigenvalue weighted by Crippen LogP contribution is -2.49. The quantitative estimate of drug-likeness (QED) is 0.371. The maximum atomic E-state index is 2.47. The van der Waals surface area contributed by atoms with Gasteiger partial charge in [0.2, 0.25) is 0 Å². The third-order valence-electron chi connectivity index (χ3n) is 3.97. The zero-order chi connectivity index (χ0) is 15.9. The van der Waals surface area contributed by atoms with Crippen LogP contribution in [-0.2, 0) is 0 Å². The first-order chi connectivity index (χ1) is 11.1. The second-order valence-corrected chi connectivity index (χ2v) is 15.0. The molecule has 0 radical (unpaired) electrons. The molecule has 0 aliphatic carbocycles. The van der Waals surface area contributed by atoms with Crippen LogP contribution in [0.2, 0.25) is 13.1 Å². The van der Waals surface area contributed by atoms with Crippen molar-refractivity contribution in [3.8, 4) is 19.5 Å². The van der Waals surface area contributed by atoms with Gasteiger partial charge in [-0.2, -0.15) is 0 Å². The van der Waals surface area contributed by atoms with E-state index < -0.39 is 8.07 Å². The second-order valence-electron chi connectivity index (χ2n) is 5.91. The van der Waals surface area contributed by atoms with E-state index in [-0.39, 0.29) is 0 Å². The Kier molecular flexibility index (Phi) is 4.15.